The van der Waals surface area contributed by atoms with Gasteiger partial charge in [0, 0.05) is 18.5 Å². The summed E-state index contributed by atoms with van der Waals surface area (Å²) in [7, 11) is -3.24. The first-order valence-corrected chi connectivity index (χ1v) is 11.9. The lowest BCUT2D eigenvalue weighted by molar-refractivity contribution is 0.483. The maximum absolute atomic E-state index is 11.6. The smallest absolute Gasteiger partial charge is 0.205 e. The monoisotopic (exact) mass is 497 g/mol. The van der Waals surface area contributed by atoms with Crippen molar-refractivity contribution in [3.8, 4) is 11.5 Å². The number of aromatic nitrogens is 4. The molecule has 0 atom stereocenters. The number of aromatic amines is 2. The van der Waals surface area contributed by atoms with Crippen LogP contribution in [0.25, 0.3) is 22.1 Å². The third kappa shape index (κ3) is 3.99. The fraction of sp³-hybridized carbons (Fsp3) is 0.0476. The third-order valence-corrected chi connectivity index (χ3v) is 6.25. The Morgan fingerprint density at radius 1 is 0.968 bits per heavy atom. The molecule has 5 aromatic rings. The van der Waals surface area contributed by atoms with Gasteiger partial charge in [-0.25, -0.2) is 18.4 Å². The molecule has 3 aromatic heterocycles. The van der Waals surface area contributed by atoms with E-state index in [0.717, 1.165) is 32.4 Å². The number of nitrogens with zero attached hydrogens (tertiary/aromatic N) is 2. The topological polar surface area (TPSA) is 113 Å². The number of fused-ring (bicyclic) bond motifs is 2. The van der Waals surface area contributed by atoms with Crippen LogP contribution in [0.3, 0.4) is 0 Å². The summed E-state index contributed by atoms with van der Waals surface area (Å²) < 4.78 is 29.8. The van der Waals surface area contributed by atoms with E-state index in [2.05, 4.69) is 41.2 Å². The van der Waals surface area contributed by atoms with E-state index < -0.39 is 9.84 Å². The molecule has 3 heterocycles. The Hall–Kier alpha value is -3.37. The second-order valence-corrected chi connectivity index (χ2v) is 9.80. The molecule has 2 aromatic carbocycles. The van der Waals surface area contributed by atoms with E-state index in [4.69, 9.17) is 4.74 Å². The molecule has 156 valence electrons. The zero-order chi connectivity index (χ0) is 21.6. The molecule has 0 saturated carbocycles. The molecule has 0 aliphatic heterocycles. The van der Waals surface area contributed by atoms with Gasteiger partial charge in [0.05, 0.1) is 27.1 Å². The van der Waals surface area contributed by atoms with Crippen molar-refractivity contribution in [3.05, 3.63) is 65.4 Å². The van der Waals surface area contributed by atoms with Gasteiger partial charge in [-0.15, -0.1) is 0 Å². The second-order valence-electron chi connectivity index (χ2n) is 6.97. The Bertz CT molecular complexity index is 1520. The lowest BCUT2D eigenvalue weighted by Gasteiger charge is -2.06. The normalized spacial score (nSPS) is 11.8. The molecule has 0 saturated heterocycles. The van der Waals surface area contributed by atoms with Gasteiger partial charge in [0.25, 0.3) is 0 Å². The largest absolute Gasteiger partial charge is 0.457 e. The second kappa shape index (κ2) is 7.40. The van der Waals surface area contributed by atoms with Gasteiger partial charge >= 0.3 is 0 Å². The summed E-state index contributed by atoms with van der Waals surface area (Å²) in [6, 6.07) is 15.6. The van der Waals surface area contributed by atoms with Gasteiger partial charge in [-0.1, -0.05) is 0 Å². The molecule has 0 bridgehead atoms. The van der Waals surface area contributed by atoms with E-state index in [0.29, 0.717) is 17.4 Å². The highest BCUT2D eigenvalue weighted by molar-refractivity contribution is 9.10. The molecule has 0 amide bonds. The van der Waals surface area contributed by atoms with Crippen molar-refractivity contribution >= 4 is 59.5 Å². The number of halogens is 1. The summed E-state index contributed by atoms with van der Waals surface area (Å²) in [5.41, 5.74) is 4.09. The number of hydrogen-bond donors (Lipinski definition) is 3. The summed E-state index contributed by atoms with van der Waals surface area (Å²) >= 11 is 3.39. The van der Waals surface area contributed by atoms with Crippen molar-refractivity contribution in [3.63, 3.8) is 0 Å². The highest BCUT2D eigenvalue weighted by Gasteiger charge is 2.11. The maximum atomic E-state index is 11.6. The number of imidazole rings is 1. The average Bonchev–Trinajstić information content (AvgIpc) is 3.31. The van der Waals surface area contributed by atoms with Crippen molar-refractivity contribution in [2.75, 3.05) is 11.6 Å². The van der Waals surface area contributed by atoms with Crippen LogP contribution in [0.4, 0.5) is 11.6 Å². The van der Waals surface area contributed by atoms with E-state index in [9.17, 15) is 8.42 Å². The number of nitrogens with one attached hydrogen (secondary N) is 3. The summed E-state index contributed by atoms with van der Waals surface area (Å²) in [5.74, 6) is 1.72. The third-order valence-electron chi connectivity index (χ3n) is 4.68. The predicted octanol–water partition coefficient (Wildman–Crippen LogP) is 5.14. The number of anilines is 2. The van der Waals surface area contributed by atoms with Crippen molar-refractivity contribution in [2.24, 2.45) is 0 Å². The predicted molar refractivity (Wildman–Crippen MR) is 123 cm³/mol. The maximum Gasteiger partial charge on any atom is 0.205 e. The van der Waals surface area contributed by atoms with Gasteiger partial charge in [-0.2, -0.15) is 0 Å². The van der Waals surface area contributed by atoms with Crippen LogP contribution < -0.4 is 10.1 Å². The minimum absolute atomic E-state index is 0.249. The first kappa shape index (κ1) is 19.6. The van der Waals surface area contributed by atoms with E-state index >= 15 is 0 Å². The Morgan fingerprint density at radius 2 is 1.74 bits per heavy atom. The van der Waals surface area contributed by atoms with Crippen molar-refractivity contribution in [2.45, 2.75) is 4.90 Å². The molecule has 0 unspecified atom stereocenters. The van der Waals surface area contributed by atoms with E-state index in [1.807, 2.05) is 36.5 Å². The number of H-pyrrole nitrogens is 2. The van der Waals surface area contributed by atoms with Crippen LogP contribution in [-0.4, -0.2) is 34.6 Å². The molecule has 10 heteroatoms. The summed E-state index contributed by atoms with van der Waals surface area (Å²) in [6.45, 7) is 0. The number of ether oxygens (including phenoxy) is 1. The Morgan fingerprint density at radius 3 is 2.52 bits per heavy atom. The number of hydrogen-bond acceptors (Lipinski definition) is 6. The zero-order valence-electron chi connectivity index (χ0n) is 16.2. The van der Waals surface area contributed by atoms with Crippen molar-refractivity contribution in [1.29, 1.82) is 0 Å². The van der Waals surface area contributed by atoms with Crippen LogP contribution in [0.5, 0.6) is 11.5 Å². The molecule has 31 heavy (non-hydrogen) atoms. The molecular weight excluding hydrogens is 482 g/mol. The fourth-order valence-electron chi connectivity index (χ4n) is 3.20. The molecule has 5 rings (SSSR count). The number of benzene rings is 2. The first-order chi connectivity index (χ1) is 14.8. The SMILES string of the molecule is CS(=O)(=O)c1ccc(Oc2ccc3nc(Nc4c[nH]c5ccc(Br)nc45)[nH]c3c2)cc1. The lowest BCUT2D eigenvalue weighted by Crippen LogP contribution is -1.96. The first-order valence-electron chi connectivity index (χ1n) is 9.23. The van der Waals surface area contributed by atoms with E-state index in [1.165, 1.54) is 18.4 Å². The highest BCUT2D eigenvalue weighted by atomic mass is 79.9. The van der Waals surface area contributed by atoms with Gasteiger partial charge in [0.1, 0.15) is 21.6 Å². The molecule has 0 aliphatic rings. The van der Waals surface area contributed by atoms with Crippen molar-refractivity contribution in [1.82, 2.24) is 19.9 Å². The van der Waals surface area contributed by atoms with Gasteiger partial charge < -0.3 is 20.0 Å². The Balaban J connectivity index is 1.39. The van der Waals surface area contributed by atoms with Gasteiger partial charge in [-0.05, 0) is 64.5 Å². The van der Waals surface area contributed by atoms with Gasteiger partial charge in [-0.3, -0.25) is 0 Å². The number of sulfone groups is 1. The highest BCUT2D eigenvalue weighted by Crippen LogP contribution is 2.29. The van der Waals surface area contributed by atoms with Crippen LogP contribution in [0, 0.1) is 0 Å². The Kier molecular flexibility index (Phi) is 4.67. The van der Waals surface area contributed by atoms with Gasteiger partial charge in [0.2, 0.25) is 5.95 Å². The molecular formula is C21H16BrN5O3S. The fourth-order valence-corrected chi connectivity index (χ4v) is 4.14. The van der Waals surface area contributed by atoms with Crippen LogP contribution in [0.15, 0.2) is 70.3 Å². The van der Waals surface area contributed by atoms with Crippen LogP contribution in [0.1, 0.15) is 0 Å². The summed E-state index contributed by atoms with van der Waals surface area (Å²) in [4.78, 5) is 15.7. The lowest BCUT2D eigenvalue weighted by atomic mass is 10.3. The van der Waals surface area contributed by atoms with Crippen molar-refractivity contribution < 1.29 is 13.2 Å². The molecule has 0 radical (unpaired) electrons. The summed E-state index contributed by atoms with van der Waals surface area (Å²) in [6.07, 6.45) is 3.01. The number of rotatable bonds is 5. The van der Waals surface area contributed by atoms with Crippen LogP contribution in [0.2, 0.25) is 0 Å². The molecule has 3 N–H and O–H groups in total. The van der Waals surface area contributed by atoms with E-state index in [1.54, 1.807) is 12.1 Å². The summed E-state index contributed by atoms with van der Waals surface area (Å²) in [5, 5.41) is 3.25. The average molecular weight is 498 g/mol. The van der Waals surface area contributed by atoms with Crippen LogP contribution >= 0.6 is 15.9 Å². The van der Waals surface area contributed by atoms with Crippen LogP contribution in [-0.2, 0) is 9.84 Å². The molecule has 0 spiro atoms. The van der Waals surface area contributed by atoms with Gasteiger partial charge in [0.15, 0.2) is 9.84 Å². The Labute approximate surface area is 185 Å². The quantitative estimate of drug-likeness (QED) is 0.289. The number of pyridine rings is 1. The minimum atomic E-state index is -3.24. The molecule has 0 fully saturated rings. The van der Waals surface area contributed by atoms with E-state index in [-0.39, 0.29) is 4.90 Å². The zero-order valence-corrected chi connectivity index (χ0v) is 18.6. The molecule has 8 nitrogen and oxygen atoms in total. The standard InChI is InChI=1S/C21H16BrN5O3S/c1-31(28,29)14-5-2-12(3-6-14)30-13-4-7-15-17(10-13)25-21(24-15)26-18-11-23-16-8-9-19(22)27-20(16)18/h2-11,23H,1H3,(H2,24,25,26). The minimum Gasteiger partial charge on any atom is -0.457 e. The molecule has 0 aliphatic carbocycles.